The molecule has 5 heteroatoms. The summed E-state index contributed by atoms with van der Waals surface area (Å²) >= 11 is 0. The fraction of sp³-hybridized carbons (Fsp3) is 0.278. The number of ether oxygens (including phenoxy) is 1. The van der Waals surface area contributed by atoms with E-state index in [1.165, 1.54) is 12.1 Å². The number of amides is 1. The quantitative estimate of drug-likeness (QED) is 0.943. The Balaban J connectivity index is 1.82. The second kappa shape index (κ2) is 7.35. The lowest BCUT2D eigenvalue weighted by Gasteiger charge is -2.33. The minimum absolute atomic E-state index is 0.121. The minimum Gasteiger partial charge on any atom is -0.379 e. The van der Waals surface area contributed by atoms with Crippen molar-refractivity contribution in [2.24, 2.45) is 0 Å². The first-order chi connectivity index (χ1) is 11.2. The summed E-state index contributed by atoms with van der Waals surface area (Å²) in [7, 11) is 0. The molecule has 120 valence electrons. The van der Waals surface area contributed by atoms with Crippen molar-refractivity contribution < 1.29 is 13.9 Å². The number of anilines is 1. The van der Waals surface area contributed by atoms with Crippen LogP contribution in [0.2, 0.25) is 0 Å². The fourth-order valence-corrected chi connectivity index (χ4v) is 2.74. The molecule has 1 saturated heterocycles. The zero-order chi connectivity index (χ0) is 16.1. The average molecular weight is 314 g/mol. The van der Waals surface area contributed by atoms with Gasteiger partial charge >= 0.3 is 0 Å². The van der Waals surface area contributed by atoms with Crippen molar-refractivity contribution in [3.8, 4) is 0 Å². The number of hydrogen-bond acceptors (Lipinski definition) is 3. The van der Waals surface area contributed by atoms with Crippen LogP contribution in [-0.4, -0.2) is 37.1 Å². The number of carbonyl (C=O) groups is 1. The number of nitrogens with one attached hydrogen (secondary N) is 1. The maximum atomic E-state index is 13.0. The number of halogens is 1. The molecule has 0 aromatic heterocycles. The number of rotatable bonds is 4. The molecule has 0 saturated carbocycles. The summed E-state index contributed by atoms with van der Waals surface area (Å²) in [6.45, 7) is 2.65. The van der Waals surface area contributed by atoms with E-state index in [9.17, 15) is 9.18 Å². The van der Waals surface area contributed by atoms with E-state index in [4.69, 9.17) is 4.74 Å². The third-order valence-corrected chi connectivity index (χ3v) is 3.89. The van der Waals surface area contributed by atoms with Crippen LogP contribution in [0, 0.1) is 5.82 Å². The molecule has 4 nitrogen and oxygen atoms in total. The largest absolute Gasteiger partial charge is 0.379 e. The molecule has 0 aliphatic carbocycles. The van der Waals surface area contributed by atoms with E-state index in [1.54, 1.807) is 12.1 Å². The molecule has 0 bridgehead atoms. The highest BCUT2D eigenvalue weighted by molar-refractivity contribution is 5.95. The van der Waals surface area contributed by atoms with E-state index in [-0.39, 0.29) is 17.8 Å². The maximum Gasteiger partial charge on any atom is 0.246 e. The van der Waals surface area contributed by atoms with Crippen molar-refractivity contribution in [1.29, 1.82) is 0 Å². The van der Waals surface area contributed by atoms with Crippen LogP contribution in [0.25, 0.3) is 0 Å². The van der Waals surface area contributed by atoms with Gasteiger partial charge in [-0.1, -0.05) is 30.3 Å². The monoisotopic (exact) mass is 314 g/mol. The summed E-state index contributed by atoms with van der Waals surface area (Å²) in [4.78, 5) is 14.9. The summed E-state index contributed by atoms with van der Waals surface area (Å²) in [6.07, 6.45) is 0. The first kappa shape index (κ1) is 15.6. The van der Waals surface area contributed by atoms with Gasteiger partial charge in [-0.25, -0.2) is 4.39 Å². The Morgan fingerprint density at radius 1 is 1.04 bits per heavy atom. The maximum absolute atomic E-state index is 13.0. The van der Waals surface area contributed by atoms with E-state index in [2.05, 4.69) is 10.2 Å². The van der Waals surface area contributed by atoms with E-state index in [1.807, 2.05) is 30.3 Å². The van der Waals surface area contributed by atoms with Gasteiger partial charge in [-0.2, -0.15) is 0 Å². The Bertz CT molecular complexity index is 640. The van der Waals surface area contributed by atoms with Gasteiger partial charge in [0, 0.05) is 18.8 Å². The highest BCUT2D eigenvalue weighted by Crippen LogP contribution is 2.24. The molecule has 1 amide bonds. The lowest BCUT2D eigenvalue weighted by Crippen LogP contribution is -2.43. The lowest BCUT2D eigenvalue weighted by atomic mass is 10.0. The average Bonchev–Trinajstić information content (AvgIpc) is 2.59. The molecular weight excluding hydrogens is 295 g/mol. The second-order valence-corrected chi connectivity index (χ2v) is 5.46. The van der Waals surface area contributed by atoms with Crippen LogP contribution >= 0.6 is 0 Å². The normalized spacial score (nSPS) is 16.7. The summed E-state index contributed by atoms with van der Waals surface area (Å²) in [5.41, 5.74) is 1.53. The van der Waals surface area contributed by atoms with Gasteiger partial charge in [0.2, 0.25) is 5.91 Å². The molecule has 1 aliphatic heterocycles. The van der Waals surface area contributed by atoms with Gasteiger partial charge in [0.25, 0.3) is 0 Å². The van der Waals surface area contributed by atoms with Gasteiger partial charge in [-0.15, -0.1) is 0 Å². The highest BCUT2D eigenvalue weighted by atomic mass is 19.1. The van der Waals surface area contributed by atoms with Gasteiger partial charge in [0.1, 0.15) is 11.9 Å². The molecule has 1 fully saturated rings. The van der Waals surface area contributed by atoms with Crippen LogP contribution in [0.5, 0.6) is 0 Å². The number of carbonyl (C=O) groups excluding carboxylic acids is 1. The molecule has 1 aliphatic rings. The second-order valence-electron chi connectivity index (χ2n) is 5.46. The number of benzene rings is 2. The first-order valence-corrected chi connectivity index (χ1v) is 7.67. The minimum atomic E-state index is -0.384. The summed E-state index contributed by atoms with van der Waals surface area (Å²) in [5.74, 6) is -0.444. The Hall–Kier alpha value is -2.24. The van der Waals surface area contributed by atoms with Crippen molar-refractivity contribution in [3.63, 3.8) is 0 Å². The van der Waals surface area contributed by atoms with Crippen LogP contribution in [-0.2, 0) is 9.53 Å². The highest BCUT2D eigenvalue weighted by Gasteiger charge is 2.28. The molecule has 1 atom stereocenters. The van der Waals surface area contributed by atoms with Gasteiger partial charge in [0.05, 0.1) is 13.2 Å². The fourth-order valence-electron chi connectivity index (χ4n) is 2.74. The van der Waals surface area contributed by atoms with Crippen LogP contribution < -0.4 is 5.32 Å². The van der Waals surface area contributed by atoms with Crippen LogP contribution in [0.1, 0.15) is 11.6 Å². The summed E-state index contributed by atoms with van der Waals surface area (Å²) in [6, 6.07) is 15.1. The van der Waals surface area contributed by atoms with E-state index in [0.717, 1.165) is 5.56 Å². The van der Waals surface area contributed by atoms with Gasteiger partial charge in [-0.05, 0) is 29.8 Å². The molecule has 0 spiro atoms. The Morgan fingerprint density at radius 2 is 1.70 bits per heavy atom. The molecule has 0 radical (unpaired) electrons. The van der Waals surface area contributed by atoms with Gasteiger partial charge in [0.15, 0.2) is 0 Å². The van der Waals surface area contributed by atoms with Crippen LogP contribution in [0.3, 0.4) is 0 Å². The molecule has 3 rings (SSSR count). The molecule has 0 unspecified atom stereocenters. The van der Waals surface area contributed by atoms with E-state index in [0.29, 0.717) is 32.0 Å². The Morgan fingerprint density at radius 3 is 2.35 bits per heavy atom. The van der Waals surface area contributed by atoms with Crippen molar-refractivity contribution in [2.75, 3.05) is 31.6 Å². The topological polar surface area (TPSA) is 41.6 Å². The number of hydrogen-bond donors (Lipinski definition) is 1. The molecule has 1 N–H and O–H groups in total. The predicted octanol–water partition coefficient (Wildman–Crippen LogP) is 2.84. The third-order valence-electron chi connectivity index (χ3n) is 3.89. The Kier molecular flexibility index (Phi) is 5.00. The zero-order valence-corrected chi connectivity index (χ0v) is 12.7. The number of nitrogens with zero attached hydrogens (tertiary/aromatic N) is 1. The summed E-state index contributed by atoms with van der Waals surface area (Å²) in [5, 5.41) is 2.88. The van der Waals surface area contributed by atoms with Crippen molar-refractivity contribution in [1.82, 2.24) is 4.90 Å². The standard InChI is InChI=1S/C18H19FN2O2/c19-15-6-8-16(9-7-15)20-18(22)17(14-4-2-1-3-5-14)21-10-12-23-13-11-21/h1-9,17H,10-13H2,(H,20,22)/t17-/m1/s1. The SMILES string of the molecule is O=C(Nc1ccc(F)cc1)[C@@H](c1ccccc1)N1CCOCC1. The van der Waals surface area contributed by atoms with Gasteiger partial charge in [-0.3, -0.25) is 9.69 Å². The van der Waals surface area contributed by atoms with Gasteiger partial charge < -0.3 is 10.1 Å². The third kappa shape index (κ3) is 3.94. The smallest absolute Gasteiger partial charge is 0.246 e. The molecule has 2 aromatic carbocycles. The van der Waals surface area contributed by atoms with Crippen LogP contribution in [0.4, 0.5) is 10.1 Å². The van der Waals surface area contributed by atoms with Crippen LogP contribution in [0.15, 0.2) is 54.6 Å². The zero-order valence-electron chi connectivity index (χ0n) is 12.7. The molecular formula is C18H19FN2O2. The van der Waals surface area contributed by atoms with Crippen molar-refractivity contribution >= 4 is 11.6 Å². The molecule has 23 heavy (non-hydrogen) atoms. The van der Waals surface area contributed by atoms with Crippen molar-refractivity contribution in [3.05, 3.63) is 66.0 Å². The van der Waals surface area contributed by atoms with E-state index >= 15 is 0 Å². The molecule has 2 aromatic rings. The lowest BCUT2D eigenvalue weighted by molar-refractivity contribution is -0.123. The van der Waals surface area contributed by atoms with Crippen molar-refractivity contribution in [2.45, 2.75) is 6.04 Å². The van der Waals surface area contributed by atoms with E-state index < -0.39 is 0 Å². The predicted molar refractivity (Wildman–Crippen MR) is 86.6 cm³/mol. The first-order valence-electron chi connectivity index (χ1n) is 7.67. The Labute approximate surface area is 134 Å². The number of morpholine rings is 1. The molecule has 1 heterocycles. The summed E-state index contributed by atoms with van der Waals surface area (Å²) < 4.78 is 18.4.